The molecular weight excluding hydrogens is 544 g/mol. The lowest BCUT2D eigenvalue weighted by atomic mass is 9.78. The van der Waals surface area contributed by atoms with Crippen molar-refractivity contribution in [2.45, 2.75) is 57.7 Å². The topological polar surface area (TPSA) is 186 Å². The van der Waals surface area contributed by atoms with Crippen LogP contribution in [0.4, 0.5) is 0 Å². The van der Waals surface area contributed by atoms with E-state index < -0.39 is 65.0 Å². The number of aryl methyl sites for hydroxylation is 1. The maximum absolute atomic E-state index is 14.0. The number of rotatable bonds is 7. The Balaban J connectivity index is 1.77. The molecule has 2 aromatic carbocycles. The Labute approximate surface area is 240 Å². The zero-order valence-electron chi connectivity index (χ0n) is 23.3. The number of nitrogens with one attached hydrogen (secondary N) is 2. The average Bonchev–Trinajstić information content (AvgIpc) is 2.94. The fourth-order valence-corrected chi connectivity index (χ4v) is 4.91. The summed E-state index contributed by atoms with van der Waals surface area (Å²) in [5, 5.41) is 5.15. The van der Waals surface area contributed by atoms with Crippen LogP contribution in [-0.2, 0) is 30.4 Å². The van der Waals surface area contributed by atoms with E-state index >= 15 is 0 Å². The lowest BCUT2D eigenvalue weighted by Crippen LogP contribution is -2.72. The summed E-state index contributed by atoms with van der Waals surface area (Å²) in [6.07, 6.45) is -1.11. The summed E-state index contributed by atoms with van der Waals surface area (Å²) in [5.41, 5.74) is 3.64. The lowest BCUT2D eigenvalue weighted by Gasteiger charge is -2.43. The van der Waals surface area contributed by atoms with Gasteiger partial charge in [-0.05, 0) is 44.0 Å². The molecule has 4 N–H and O–H groups in total. The van der Waals surface area contributed by atoms with E-state index in [9.17, 15) is 33.6 Å². The van der Waals surface area contributed by atoms with Gasteiger partial charge < -0.3 is 15.5 Å². The average molecular weight is 575 g/mol. The molecule has 1 aliphatic rings. The Morgan fingerprint density at radius 3 is 2.36 bits per heavy atom. The van der Waals surface area contributed by atoms with Crippen LogP contribution < -0.4 is 22.0 Å². The first-order valence-electron chi connectivity index (χ1n) is 13.3. The Morgan fingerprint density at radius 1 is 1.00 bits per heavy atom. The normalized spacial score (nSPS) is 18.3. The molecule has 12 nitrogen and oxygen atoms in total. The minimum atomic E-state index is -2.43. The SMILES string of the molecule is Cc1cc(=O)oc2cc(C(=O)NC(=O)[C@@]3(Cc4ccccc4)C(=O)CCC(=O)N3C(=O)[C@H](C)NC(=O)[C@H](C)N)ccc12. The molecule has 0 unspecified atom stereocenters. The molecular formula is C30H30N4O8. The van der Waals surface area contributed by atoms with Gasteiger partial charge in [-0.1, -0.05) is 36.4 Å². The molecule has 3 aromatic rings. The number of piperidine rings is 1. The molecule has 3 atom stereocenters. The third-order valence-corrected chi connectivity index (χ3v) is 7.14. The summed E-state index contributed by atoms with van der Waals surface area (Å²) >= 11 is 0. The number of ketones is 1. The van der Waals surface area contributed by atoms with Crippen molar-refractivity contribution in [3.8, 4) is 0 Å². The maximum atomic E-state index is 14.0. The van der Waals surface area contributed by atoms with Crippen molar-refractivity contribution in [1.29, 1.82) is 0 Å². The van der Waals surface area contributed by atoms with E-state index in [4.69, 9.17) is 10.2 Å². The van der Waals surface area contributed by atoms with E-state index in [0.29, 0.717) is 21.4 Å². The number of benzene rings is 2. The highest BCUT2D eigenvalue weighted by atomic mass is 16.4. The quantitative estimate of drug-likeness (QED) is 0.209. The molecule has 4 rings (SSSR count). The first-order chi connectivity index (χ1) is 19.8. The fourth-order valence-electron chi connectivity index (χ4n) is 4.91. The summed E-state index contributed by atoms with van der Waals surface area (Å²) < 4.78 is 5.19. The molecule has 1 aliphatic heterocycles. The van der Waals surface area contributed by atoms with Gasteiger partial charge >= 0.3 is 5.63 Å². The number of Topliss-reactive ketones (excluding diaryl/α,β-unsaturated/α-hetero) is 1. The number of hydrogen-bond acceptors (Lipinski definition) is 9. The summed E-state index contributed by atoms with van der Waals surface area (Å²) in [5.74, 6) is -5.41. The number of imide groups is 2. The fraction of sp³-hybridized carbons (Fsp3) is 0.300. The largest absolute Gasteiger partial charge is 0.423 e. The van der Waals surface area contributed by atoms with E-state index in [-0.39, 0.29) is 24.0 Å². The molecule has 42 heavy (non-hydrogen) atoms. The van der Waals surface area contributed by atoms with E-state index in [1.807, 2.05) is 0 Å². The van der Waals surface area contributed by atoms with Crippen LogP contribution in [-0.4, -0.2) is 57.8 Å². The number of hydrogen-bond donors (Lipinski definition) is 3. The van der Waals surface area contributed by atoms with Gasteiger partial charge in [0.1, 0.15) is 11.6 Å². The third-order valence-electron chi connectivity index (χ3n) is 7.14. The first-order valence-corrected chi connectivity index (χ1v) is 13.3. The number of nitrogens with two attached hydrogens (primary N) is 1. The van der Waals surface area contributed by atoms with Crippen LogP contribution in [0.25, 0.3) is 11.0 Å². The molecule has 5 amide bonds. The van der Waals surface area contributed by atoms with Crippen LogP contribution in [0.1, 0.15) is 48.2 Å². The van der Waals surface area contributed by atoms with Crippen molar-refractivity contribution in [2.75, 3.05) is 0 Å². The van der Waals surface area contributed by atoms with E-state index in [2.05, 4.69) is 10.6 Å². The van der Waals surface area contributed by atoms with Crippen LogP contribution in [0.15, 0.2) is 63.8 Å². The zero-order chi connectivity index (χ0) is 30.8. The smallest absolute Gasteiger partial charge is 0.336 e. The number of carbonyl (C=O) groups excluding carboxylic acids is 6. The van der Waals surface area contributed by atoms with Crippen LogP contribution >= 0.6 is 0 Å². The first kappa shape index (κ1) is 30.0. The van der Waals surface area contributed by atoms with E-state index in [1.165, 1.54) is 32.0 Å². The summed E-state index contributed by atoms with van der Waals surface area (Å²) in [7, 11) is 0. The summed E-state index contributed by atoms with van der Waals surface area (Å²) in [4.78, 5) is 92.6. The number of nitrogens with zero attached hydrogens (tertiary/aromatic N) is 1. The van der Waals surface area contributed by atoms with Crippen LogP contribution in [0.5, 0.6) is 0 Å². The van der Waals surface area contributed by atoms with Crippen molar-refractivity contribution < 1.29 is 33.2 Å². The van der Waals surface area contributed by atoms with Crippen LogP contribution in [0.2, 0.25) is 0 Å². The predicted octanol–water partition coefficient (Wildman–Crippen LogP) is 0.909. The number of carbonyl (C=O) groups is 6. The Bertz CT molecular complexity index is 1660. The highest BCUT2D eigenvalue weighted by Crippen LogP contribution is 2.32. The second kappa shape index (κ2) is 11.9. The minimum Gasteiger partial charge on any atom is -0.423 e. The van der Waals surface area contributed by atoms with E-state index in [1.54, 1.807) is 43.3 Å². The van der Waals surface area contributed by atoms with Gasteiger partial charge in [-0.25, -0.2) is 4.79 Å². The molecule has 2 heterocycles. The molecule has 218 valence electrons. The predicted molar refractivity (Wildman–Crippen MR) is 150 cm³/mol. The van der Waals surface area contributed by atoms with Crippen LogP contribution in [0.3, 0.4) is 0 Å². The molecule has 0 radical (unpaired) electrons. The minimum absolute atomic E-state index is 0.0653. The Morgan fingerprint density at radius 2 is 1.69 bits per heavy atom. The molecule has 0 aliphatic carbocycles. The molecule has 1 aromatic heterocycles. The molecule has 1 saturated heterocycles. The van der Waals surface area contributed by atoms with Crippen molar-refractivity contribution in [3.63, 3.8) is 0 Å². The van der Waals surface area contributed by atoms with Gasteiger partial charge in [0, 0.05) is 36.3 Å². The lowest BCUT2D eigenvalue weighted by molar-refractivity contribution is -0.168. The van der Waals surface area contributed by atoms with Gasteiger partial charge in [0.15, 0.2) is 11.3 Å². The van der Waals surface area contributed by atoms with Crippen molar-refractivity contribution in [2.24, 2.45) is 5.73 Å². The van der Waals surface area contributed by atoms with Crippen molar-refractivity contribution in [1.82, 2.24) is 15.5 Å². The van der Waals surface area contributed by atoms with Gasteiger partial charge in [-0.2, -0.15) is 0 Å². The highest BCUT2D eigenvalue weighted by molar-refractivity contribution is 6.23. The van der Waals surface area contributed by atoms with Gasteiger partial charge in [0.2, 0.25) is 11.8 Å². The second-order valence-corrected chi connectivity index (χ2v) is 10.3. The zero-order valence-corrected chi connectivity index (χ0v) is 23.3. The molecule has 0 bridgehead atoms. The van der Waals surface area contributed by atoms with Gasteiger partial charge in [-0.3, -0.25) is 39.0 Å². The standard InChI is InChI=1S/C30H30N4O8/c1-16-13-25(37)42-22-14-20(9-10-21(16)22)27(39)33-29(41)30(15-19-7-5-4-6-8-19)23(35)11-12-24(36)34(30)28(40)18(3)32-26(38)17(2)31/h4-10,13-14,17-18H,11-12,15,31H2,1-3H3,(H,32,38)(H,33,39,41)/t17-,18-,30+/m0/s1. The van der Waals surface area contributed by atoms with Crippen molar-refractivity contribution >= 4 is 46.3 Å². The third kappa shape index (κ3) is 5.75. The monoisotopic (exact) mass is 574 g/mol. The Kier molecular flexibility index (Phi) is 8.48. The maximum Gasteiger partial charge on any atom is 0.336 e. The number of fused-ring (bicyclic) bond motifs is 1. The van der Waals surface area contributed by atoms with Gasteiger partial charge in [0.25, 0.3) is 17.7 Å². The molecule has 1 fully saturated rings. The van der Waals surface area contributed by atoms with E-state index in [0.717, 1.165) is 0 Å². The van der Waals surface area contributed by atoms with Gasteiger partial charge in [-0.15, -0.1) is 0 Å². The van der Waals surface area contributed by atoms with Crippen molar-refractivity contribution in [3.05, 3.63) is 81.7 Å². The summed E-state index contributed by atoms with van der Waals surface area (Å²) in [6, 6.07) is 11.5. The van der Waals surface area contributed by atoms with Crippen LogP contribution in [0, 0.1) is 6.92 Å². The molecule has 12 heteroatoms. The van der Waals surface area contributed by atoms with Gasteiger partial charge in [0.05, 0.1) is 6.04 Å². The Hall–Kier alpha value is -4.97. The molecule has 0 saturated carbocycles. The number of likely N-dealkylation sites (tertiary alicyclic amines) is 1. The highest BCUT2D eigenvalue weighted by Gasteiger charge is 2.58. The number of amides is 5. The molecule has 0 spiro atoms. The summed E-state index contributed by atoms with van der Waals surface area (Å²) in [6.45, 7) is 4.40. The second-order valence-electron chi connectivity index (χ2n) is 10.3.